The lowest BCUT2D eigenvalue weighted by molar-refractivity contribution is 0.328. The van der Waals surface area contributed by atoms with Crippen LogP contribution in [0.25, 0.3) is 11.0 Å². The molecular formula is C13H22INO2. The molecule has 0 amide bonds. The molecule has 0 spiro atoms. The molecule has 0 aliphatic carbocycles. The summed E-state index contributed by atoms with van der Waals surface area (Å²) in [4.78, 5) is 0. The van der Waals surface area contributed by atoms with Gasteiger partial charge in [-0.3, -0.25) is 0 Å². The number of nitrogens with two attached hydrogens (primary N) is 1. The van der Waals surface area contributed by atoms with Crippen LogP contribution < -0.4 is 10.5 Å². The molecule has 2 rings (SSSR count). The summed E-state index contributed by atoms with van der Waals surface area (Å²) in [7, 11) is 0. The van der Waals surface area contributed by atoms with Crippen LogP contribution in [0.1, 0.15) is 21.0 Å². The highest BCUT2D eigenvalue weighted by Gasteiger charge is 2.01. The number of hydrogen-bond donors (Lipinski definition) is 1. The Balaban J connectivity index is 0. The molecule has 2 N–H and O–H groups in total. The summed E-state index contributed by atoms with van der Waals surface area (Å²) in [5, 5.41) is 1.07. The van der Waals surface area contributed by atoms with Gasteiger partial charge in [-0.25, -0.2) is 0 Å². The van der Waals surface area contributed by atoms with E-state index in [0.717, 1.165) is 22.5 Å². The molecule has 0 bridgehead atoms. The molecule has 0 aliphatic rings. The smallest absolute Gasteiger partial charge is 0.134 e. The van der Waals surface area contributed by atoms with E-state index in [1.807, 2.05) is 45.0 Å². The minimum Gasteiger partial charge on any atom is -0.492 e. The topological polar surface area (TPSA) is 48.4 Å². The van der Waals surface area contributed by atoms with E-state index < -0.39 is 0 Å². The molecule has 1 aromatic heterocycles. The van der Waals surface area contributed by atoms with Crippen molar-refractivity contribution < 1.29 is 10.6 Å². The second-order valence-electron chi connectivity index (χ2n) is 3.19. The number of aryl methyl sites for hydroxylation is 1. The van der Waals surface area contributed by atoms with Crippen LogP contribution in [0.2, 0.25) is 0 Å². The van der Waals surface area contributed by atoms with Crippen molar-refractivity contribution in [2.75, 3.05) is 13.2 Å². The molecule has 3 nitrogen and oxygen atoms in total. The number of benzene rings is 1. The maximum Gasteiger partial charge on any atom is 0.134 e. The maximum absolute atomic E-state index is 5.45. The monoisotopic (exact) mass is 351 g/mol. The van der Waals surface area contributed by atoms with E-state index in [1.165, 1.54) is 0 Å². The third-order valence-corrected chi connectivity index (χ3v) is 2.00. The van der Waals surface area contributed by atoms with Crippen LogP contribution in [-0.4, -0.2) is 13.2 Å². The van der Waals surface area contributed by atoms with Crippen LogP contribution in [-0.2, 0) is 0 Å². The number of ether oxygens (including phenoxy) is 1. The van der Waals surface area contributed by atoms with Crippen LogP contribution in [0, 0.1) is 6.92 Å². The third kappa shape index (κ3) is 4.55. The predicted octanol–water partition coefficient (Wildman–Crippen LogP) is 3.97. The largest absolute Gasteiger partial charge is 0.492 e. The van der Waals surface area contributed by atoms with Crippen molar-refractivity contribution in [1.82, 2.24) is 0 Å². The Labute approximate surface area is 121 Å². The normalized spacial score (nSPS) is 9.18. The number of rotatable bonds is 3. The van der Waals surface area contributed by atoms with Gasteiger partial charge < -0.3 is 14.9 Å². The molecule has 0 radical (unpaired) electrons. The predicted molar refractivity (Wildman–Crippen MR) is 84.4 cm³/mol. The van der Waals surface area contributed by atoms with Crippen molar-refractivity contribution >= 4 is 34.9 Å². The first-order valence-corrected chi connectivity index (χ1v) is 5.62. The lowest BCUT2D eigenvalue weighted by Gasteiger charge is -2.02. The number of halogens is 1. The van der Waals surface area contributed by atoms with Crippen molar-refractivity contribution in [3.8, 4) is 5.75 Å². The summed E-state index contributed by atoms with van der Waals surface area (Å²) in [6.45, 7) is 7.01. The maximum atomic E-state index is 5.45. The molecule has 1 heterocycles. The van der Waals surface area contributed by atoms with Crippen molar-refractivity contribution in [3.05, 3.63) is 30.0 Å². The van der Waals surface area contributed by atoms with E-state index in [9.17, 15) is 0 Å². The number of fused-ring (bicyclic) bond motifs is 1. The Morgan fingerprint density at radius 1 is 1.29 bits per heavy atom. The van der Waals surface area contributed by atoms with Gasteiger partial charge >= 0.3 is 0 Å². The van der Waals surface area contributed by atoms with E-state index >= 15 is 0 Å². The second kappa shape index (κ2) is 8.36. The molecule has 98 valence electrons. The highest BCUT2D eigenvalue weighted by molar-refractivity contribution is 14.0. The molecule has 4 heteroatoms. The Morgan fingerprint density at radius 3 is 2.65 bits per heavy atom. The van der Waals surface area contributed by atoms with Gasteiger partial charge in [-0.15, -0.1) is 24.0 Å². The SMILES string of the molecule is CC.Cc1cc2cc(OCCN)ccc2o1.I.[HH]. The summed E-state index contributed by atoms with van der Waals surface area (Å²) in [5.74, 6) is 1.75. The fraction of sp³-hybridized carbons (Fsp3) is 0.385. The van der Waals surface area contributed by atoms with Gasteiger partial charge in [0, 0.05) is 13.4 Å². The first-order chi connectivity index (χ1) is 7.79. The molecule has 17 heavy (non-hydrogen) atoms. The van der Waals surface area contributed by atoms with Crippen molar-refractivity contribution in [1.29, 1.82) is 0 Å². The first kappa shape index (κ1) is 16.2. The van der Waals surface area contributed by atoms with Gasteiger partial charge in [-0.05, 0) is 31.2 Å². The number of hydrogen-bond acceptors (Lipinski definition) is 3. The summed E-state index contributed by atoms with van der Waals surface area (Å²) >= 11 is 0. The minimum absolute atomic E-state index is 0. The third-order valence-electron chi connectivity index (χ3n) is 2.00. The standard InChI is InChI=1S/C11H13NO2.C2H6.HI.H2/c1-8-6-9-7-10(13-5-4-12)2-3-11(9)14-8;1-2;;/h2-3,6-7H,4-5,12H2,1H3;1-2H3;2*1H. The van der Waals surface area contributed by atoms with Crippen molar-refractivity contribution in [3.63, 3.8) is 0 Å². The lowest BCUT2D eigenvalue weighted by atomic mass is 10.2. The van der Waals surface area contributed by atoms with Gasteiger partial charge in [0.25, 0.3) is 0 Å². The first-order valence-electron chi connectivity index (χ1n) is 5.62. The Kier molecular flexibility index (Phi) is 7.99. The van der Waals surface area contributed by atoms with E-state index in [1.54, 1.807) is 0 Å². The van der Waals surface area contributed by atoms with Gasteiger partial charge in [0.2, 0.25) is 0 Å². The fourth-order valence-electron chi connectivity index (χ4n) is 1.42. The molecule has 0 aliphatic heterocycles. The number of furan rings is 1. The van der Waals surface area contributed by atoms with E-state index in [4.69, 9.17) is 14.9 Å². The second-order valence-corrected chi connectivity index (χ2v) is 3.19. The summed E-state index contributed by atoms with van der Waals surface area (Å²) in [6, 6.07) is 7.75. The van der Waals surface area contributed by atoms with Gasteiger partial charge in [0.15, 0.2) is 0 Å². The van der Waals surface area contributed by atoms with Gasteiger partial charge in [0.1, 0.15) is 23.7 Å². The molecule has 0 atom stereocenters. The van der Waals surface area contributed by atoms with Gasteiger partial charge in [-0.1, -0.05) is 13.8 Å². The summed E-state index contributed by atoms with van der Waals surface area (Å²) in [6.07, 6.45) is 0. The zero-order valence-corrected chi connectivity index (χ0v) is 12.9. The molecule has 1 aromatic carbocycles. The van der Waals surface area contributed by atoms with Crippen molar-refractivity contribution in [2.45, 2.75) is 20.8 Å². The van der Waals surface area contributed by atoms with Crippen molar-refractivity contribution in [2.24, 2.45) is 5.73 Å². The summed E-state index contributed by atoms with van der Waals surface area (Å²) < 4.78 is 10.9. The zero-order valence-electron chi connectivity index (χ0n) is 10.5. The summed E-state index contributed by atoms with van der Waals surface area (Å²) in [5.41, 5.74) is 6.24. The van der Waals surface area contributed by atoms with Gasteiger partial charge in [-0.2, -0.15) is 0 Å². The Morgan fingerprint density at radius 2 is 2.00 bits per heavy atom. The highest BCUT2D eigenvalue weighted by Crippen LogP contribution is 2.23. The van der Waals surface area contributed by atoms with E-state index in [2.05, 4.69) is 0 Å². The van der Waals surface area contributed by atoms with Crippen LogP contribution >= 0.6 is 24.0 Å². The Bertz CT molecular complexity index is 445. The van der Waals surface area contributed by atoms with Crippen LogP contribution in [0.15, 0.2) is 28.7 Å². The van der Waals surface area contributed by atoms with Crippen LogP contribution in [0.5, 0.6) is 5.75 Å². The average Bonchev–Trinajstić information content (AvgIpc) is 2.68. The van der Waals surface area contributed by atoms with Crippen LogP contribution in [0.3, 0.4) is 0 Å². The molecule has 2 aromatic rings. The lowest BCUT2D eigenvalue weighted by Crippen LogP contribution is -2.10. The van der Waals surface area contributed by atoms with Crippen LogP contribution in [0.4, 0.5) is 0 Å². The molecule has 0 saturated carbocycles. The molecular weight excluding hydrogens is 329 g/mol. The van der Waals surface area contributed by atoms with E-state index in [-0.39, 0.29) is 25.4 Å². The quantitative estimate of drug-likeness (QED) is 0.852. The average molecular weight is 351 g/mol. The van der Waals surface area contributed by atoms with E-state index in [0.29, 0.717) is 13.2 Å². The molecule has 0 saturated heterocycles. The van der Waals surface area contributed by atoms with Gasteiger partial charge in [0.05, 0.1) is 0 Å². The molecule has 0 fully saturated rings. The molecule has 0 unspecified atom stereocenters. The fourth-order valence-corrected chi connectivity index (χ4v) is 1.42. The Hall–Kier alpha value is -0.750. The highest BCUT2D eigenvalue weighted by atomic mass is 127. The minimum atomic E-state index is 0. The zero-order chi connectivity index (χ0) is 12.0.